The average Bonchev–Trinajstić information content (AvgIpc) is 0.811. The second kappa shape index (κ2) is 2.09. The monoisotopic (exact) mass is 70.0 g/mol. The van der Waals surface area contributed by atoms with Crippen LogP contribution in [0.1, 0.15) is 0 Å². The minimum absolute atomic E-state index is 1.13. The van der Waals surface area contributed by atoms with Crippen molar-refractivity contribution in [1.82, 2.24) is 0 Å². The van der Waals surface area contributed by atoms with Crippen LogP contribution in [0.3, 0.4) is 0 Å². The molecular formula is CH4LiOP. The Kier molecular flexibility index (Phi) is 2.52. The van der Waals surface area contributed by atoms with Gasteiger partial charge in [0, 0.05) is 0 Å². The van der Waals surface area contributed by atoms with E-state index >= 15 is 0 Å². The molecule has 0 aromatic rings. The topological polar surface area (TPSA) is 17.1 Å². The summed E-state index contributed by atoms with van der Waals surface area (Å²) in [5.74, 6) is 0. The molecule has 0 radical (unpaired) electrons. The predicted molar refractivity (Wildman–Crippen MR) is 20.7 cm³/mol. The van der Waals surface area contributed by atoms with E-state index in [4.69, 9.17) is 0 Å². The molecule has 4 heavy (non-hydrogen) atoms. The van der Waals surface area contributed by atoms with E-state index in [0.717, 1.165) is 0 Å². The van der Waals surface area contributed by atoms with E-state index in [9.17, 15) is 4.57 Å². The molecule has 0 aromatic carbocycles. The summed E-state index contributed by atoms with van der Waals surface area (Å²) in [6.45, 7) is 1.71. The Balaban J connectivity index is 2.80. The summed E-state index contributed by atoms with van der Waals surface area (Å²) in [4.78, 5) is 0. The summed E-state index contributed by atoms with van der Waals surface area (Å²) in [5.41, 5.74) is 0. The van der Waals surface area contributed by atoms with Gasteiger partial charge in [0.25, 0.3) is 0 Å². The van der Waals surface area contributed by atoms with Gasteiger partial charge in [-0.15, -0.1) is 0 Å². The second-order valence-electron chi connectivity index (χ2n) is 0.908. The number of hydrogen-bond acceptors (Lipinski definition) is 1. The maximum absolute atomic E-state index is 9.63. The molecule has 0 heterocycles. The molecule has 0 N–H and O–H groups in total. The molecule has 0 fully saturated rings. The van der Waals surface area contributed by atoms with Crippen molar-refractivity contribution in [1.29, 1.82) is 0 Å². The summed E-state index contributed by atoms with van der Waals surface area (Å²) in [6, 6.07) is 0. The van der Waals surface area contributed by atoms with Gasteiger partial charge in [0.1, 0.15) is 0 Å². The molecule has 0 spiro atoms. The average molecular weight is 70.0 g/mol. The van der Waals surface area contributed by atoms with Gasteiger partial charge >= 0.3 is 34.7 Å². The molecule has 0 aliphatic carbocycles. The predicted octanol–water partition coefficient (Wildman–Crippen LogP) is 0.259. The van der Waals surface area contributed by atoms with Crippen LogP contribution in [0.15, 0.2) is 0 Å². The van der Waals surface area contributed by atoms with Crippen molar-refractivity contribution in [2.75, 3.05) is 6.66 Å². The van der Waals surface area contributed by atoms with Crippen LogP contribution in [0.4, 0.5) is 0 Å². The first kappa shape index (κ1) is 4.83. The van der Waals surface area contributed by atoms with Crippen LogP contribution in [0, 0.1) is 0 Å². The van der Waals surface area contributed by atoms with Gasteiger partial charge in [0.2, 0.25) is 0 Å². The zero-order valence-electron chi connectivity index (χ0n) is 2.91. The van der Waals surface area contributed by atoms with Crippen LogP contribution in [0.25, 0.3) is 0 Å². The van der Waals surface area contributed by atoms with Crippen LogP contribution in [0.2, 0.25) is 0 Å². The van der Waals surface area contributed by atoms with Crippen molar-refractivity contribution in [2.24, 2.45) is 0 Å². The third-order valence-corrected chi connectivity index (χ3v) is 0. The molecule has 0 aliphatic heterocycles. The third kappa shape index (κ3) is 13.8. The van der Waals surface area contributed by atoms with Gasteiger partial charge in [-0.1, -0.05) is 0 Å². The standard InChI is InChI=1S/CH3OP.Li/c1-3-2;/h1H3;/q;-1/p+1. The Labute approximate surface area is 35.3 Å². The Hall–Kier alpha value is 0.827. The zero-order valence-corrected chi connectivity index (χ0v) is 3.91. The van der Waals surface area contributed by atoms with Gasteiger partial charge in [-0.2, -0.15) is 0 Å². The fraction of sp³-hybridized carbons (Fsp3) is 1.00. The second-order valence-corrected chi connectivity index (χ2v) is 2.72. The fourth-order valence-electron chi connectivity index (χ4n) is 0. The maximum atomic E-state index is 9.63. The molecule has 0 bridgehead atoms. The van der Waals surface area contributed by atoms with Crippen LogP contribution >= 0.6 is 6.23 Å². The molecule has 0 saturated carbocycles. The molecular weight excluding hydrogens is 65.9 g/mol. The van der Waals surface area contributed by atoms with Gasteiger partial charge in [-0.25, -0.2) is 0 Å². The van der Waals surface area contributed by atoms with Crippen molar-refractivity contribution in [3.63, 3.8) is 0 Å². The Morgan fingerprint density at radius 3 is 2.00 bits per heavy atom. The Morgan fingerprint density at radius 1 is 2.00 bits per heavy atom. The fourth-order valence-corrected chi connectivity index (χ4v) is 0. The van der Waals surface area contributed by atoms with E-state index in [1.807, 2.05) is 0 Å². The zero-order chi connectivity index (χ0) is 3.58. The molecule has 3 heteroatoms. The van der Waals surface area contributed by atoms with Crippen molar-refractivity contribution in [3.05, 3.63) is 0 Å². The SMILES string of the molecule is [Li][PH](C)=O. The molecule has 0 saturated heterocycles. The number of rotatable bonds is 0. The van der Waals surface area contributed by atoms with E-state index < -0.39 is 6.23 Å². The Morgan fingerprint density at radius 2 is 2.00 bits per heavy atom. The van der Waals surface area contributed by atoms with E-state index in [1.54, 1.807) is 23.9 Å². The van der Waals surface area contributed by atoms with Crippen molar-refractivity contribution < 1.29 is 4.57 Å². The molecule has 1 nitrogen and oxygen atoms in total. The van der Waals surface area contributed by atoms with Gasteiger partial charge in [-0.05, 0) is 0 Å². The summed E-state index contributed by atoms with van der Waals surface area (Å²) in [5, 5.41) is 0. The minimum atomic E-state index is -1.13. The van der Waals surface area contributed by atoms with Crippen LogP contribution < -0.4 is 0 Å². The van der Waals surface area contributed by atoms with E-state index in [1.165, 1.54) is 0 Å². The third-order valence-electron chi connectivity index (χ3n) is 0. The quantitative estimate of drug-likeness (QED) is 0.295. The number of hydrogen-bond donors (Lipinski definition) is 0. The molecule has 1 atom stereocenters. The van der Waals surface area contributed by atoms with Crippen molar-refractivity contribution >= 4 is 23.5 Å². The molecule has 0 aliphatic rings. The van der Waals surface area contributed by atoms with Gasteiger partial charge in [0.15, 0.2) is 0 Å². The van der Waals surface area contributed by atoms with Crippen molar-refractivity contribution in [2.45, 2.75) is 0 Å². The molecule has 20 valence electrons. The summed E-state index contributed by atoms with van der Waals surface area (Å²) < 4.78 is 9.63. The normalized spacial score (nSPS) is 15.8. The van der Waals surface area contributed by atoms with Gasteiger partial charge < -0.3 is 0 Å². The first-order valence-corrected chi connectivity index (χ1v) is 3.61. The summed E-state index contributed by atoms with van der Waals surface area (Å²) >= 11 is 1.71. The molecule has 0 aromatic heterocycles. The first-order valence-electron chi connectivity index (χ1n) is 1.20. The van der Waals surface area contributed by atoms with Crippen LogP contribution in [0.5, 0.6) is 0 Å². The summed E-state index contributed by atoms with van der Waals surface area (Å²) in [6.07, 6.45) is -1.13. The summed E-state index contributed by atoms with van der Waals surface area (Å²) in [7, 11) is 0. The van der Waals surface area contributed by atoms with Crippen LogP contribution in [-0.2, 0) is 4.57 Å². The van der Waals surface area contributed by atoms with Gasteiger partial charge in [0.05, 0.1) is 0 Å². The van der Waals surface area contributed by atoms with Crippen molar-refractivity contribution in [3.8, 4) is 0 Å². The van der Waals surface area contributed by atoms with Crippen LogP contribution in [-0.4, -0.2) is 23.9 Å². The molecule has 0 amide bonds. The van der Waals surface area contributed by atoms with Gasteiger partial charge in [-0.3, -0.25) is 0 Å². The Bertz CT molecular complexity index is 31.0. The van der Waals surface area contributed by atoms with E-state index in [0.29, 0.717) is 0 Å². The van der Waals surface area contributed by atoms with E-state index in [2.05, 4.69) is 0 Å². The molecule has 0 rings (SSSR count). The van der Waals surface area contributed by atoms with E-state index in [-0.39, 0.29) is 0 Å². The molecule has 1 unspecified atom stereocenters. The first-order chi connectivity index (χ1) is 1.73.